The molecule has 0 amide bonds. The third-order valence-electron chi connectivity index (χ3n) is 2.58. The summed E-state index contributed by atoms with van der Waals surface area (Å²) in [6.07, 6.45) is 0. The minimum absolute atomic E-state index is 0. The third kappa shape index (κ3) is 2.99. The summed E-state index contributed by atoms with van der Waals surface area (Å²) in [4.78, 5) is 4.38. The topological polar surface area (TPSA) is 53.4 Å². The van der Waals surface area contributed by atoms with Crippen LogP contribution in [0.25, 0.3) is 21.8 Å². The Morgan fingerprint density at radius 3 is 1.56 bits per heavy atom. The van der Waals surface area contributed by atoms with Gasteiger partial charge in [0.25, 0.3) is 0 Å². The molecule has 82 valence electrons. The van der Waals surface area contributed by atoms with Crippen molar-refractivity contribution in [2.45, 2.75) is 0 Å². The zero-order valence-corrected chi connectivity index (χ0v) is 8.38. The van der Waals surface area contributed by atoms with E-state index in [1.165, 1.54) is 0 Å². The van der Waals surface area contributed by atoms with Crippen molar-refractivity contribution in [3.63, 3.8) is 0 Å². The summed E-state index contributed by atoms with van der Waals surface area (Å²) in [5, 5.41) is 20.7. The van der Waals surface area contributed by atoms with E-state index in [1.54, 1.807) is 24.3 Å². The van der Waals surface area contributed by atoms with Crippen LogP contribution in [-0.4, -0.2) is 74.3 Å². The number of hydrogen-bond donors (Lipinski definition) is 2. The molecule has 0 unspecified atom stereocenters. The number of benzene rings is 2. The van der Waals surface area contributed by atoms with Crippen LogP contribution < -0.4 is 0 Å². The molecule has 0 aliphatic rings. The number of phenolic OH excluding ortho intramolecular Hbond substituents is 2. The van der Waals surface area contributed by atoms with Crippen LogP contribution in [-0.2, 0) is 0 Å². The van der Waals surface area contributed by atoms with E-state index in [0.717, 1.165) is 21.8 Å². The molecule has 1 heterocycles. The van der Waals surface area contributed by atoms with Gasteiger partial charge in [0, 0.05) is 22.9 Å². The second-order valence-electron chi connectivity index (χ2n) is 3.74. The number of nitrogens with zero attached hydrogens (tertiary/aromatic N) is 1. The molecule has 0 saturated heterocycles. The van der Waals surface area contributed by atoms with Gasteiger partial charge in [-0.1, -0.05) is 0 Å². The predicted molar refractivity (Wildman–Crippen MR) is 76.9 cm³/mol. The van der Waals surface area contributed by atoms with Crippen LogP contribution in [0.2, 0.25) is 0 Å². The Morgan fingerprint density at radius 1 is 0.667 bits per heavy atom. The van der Waals surface area contributed by atoms with Gasteiger partial charge in [-0.05, 0) is 30.3 Å². The third-order valence-corrected chi connectivity index (χ3v) is 2.58. The van der Waals surface area contributed by atoms with Crippen molar-refractivity contribution >= 4 is 80.9 Å². The number of aromatic nitrogens is 1. The summed E-state index contributed by atoms with van der Waals surface area (Å²) in [5.41, 5.74) is 1.44. The van der Waals surface area contributed by atoms with Gasteiger partial charge in [-0.3, -0.25) is 0 Å². The quantitative estimate of drug-likeness (QED) is 0.475. The number of phenols is 2. The molecule has 0 aliphatic carbocycles. The van der Waals surface area contributed by atoms with Crippen LogP contribution in [0.4, 0.5) is 0 Å². The fraction of sp³-hybridized carbons (Fsp3) is 0. The summed E-state index contributed by atoms with van der Waals surface area (Å²) in [5.74, 6) is 0.388. The van der Waals surface area contributed by atoms with E-state index >= 15 is 0 Å². The first kappa shape index (κ1) is 15.8. The van der Waals surface area contributed by atoms with Crippen LogP contribution in [0.5, 0.6) is 11.5 Å². The maximum absolute atomic E-state index is 9.37. The van der Waals surface area contributed by atoms with Crippen molar-refractivity contribution in [2.75, 3.05) is 0 Å². The van der Waals surface area contributed by atoms with E-state index in [-0.39, 0.29) is 70.6 Å². The molecule has 5 heteroatoms. The standard InChI is InChI=1S/C13H9NO2.2Na.2H/c15-10-3-1-8-5-9-2-4-11(16)7-13(9)14-12(8)6-10;;;;/h1-7,15-16H;;;;. The van der Waals surface area contributed by atoms with Crippen LogP contribution in [0, 0.1) is 0 Å². The molecule has 18 heavy (non-hydrogen) atoms. The number of fused-ring (bicyclic) bond motifs is 2. The van der Waals surface area contributed by atoms with E-state index in [9.17, 15) is 10.2 Å². The molecule has 0 bridgehead atoms. The average molecular weight is 259 g/mol. The van der Waals surface area contributed by atoms with Gasteiger partial charge >= 0.3 is 59.1 Å². The number of pyridine rings is 1. The predicted octanol–water partition coefficient (Wildman–Crippen LogP) is 1.50. The van der Waals surface area contributed by atoms with Gasteiger partial charge in [0.1, 0.15) is 11.5 Å². The molecule has 2 aromatic carbocycles. The summed E-state index contributed by atoms with van der Waals surface area (Å²) < 4.78 is 0. The minimum atomic E-state index is 0. The Hall–Kier alpha value is -0.290. The van der Waals surface area contributed by atoms with Gasteiger partial charge in [0.05, 0.1) is 11.0 Å². The molecule has 0 atom stereocenters. The van der Waals surface area contributed by atoms with Crippen molar-refractivity contribution in [1.82, 2.24) is 4.98 Å². The van der Waals surface area contributed by atoms with E-state index in [1.807, 2.05) is 18.2 Å². The van der Waals surface area contributed by atoms with Gasteiger partial charge in [-0.25, -0.2) is 4.98 Å². The number of hydrogen-bond acceptors (Lipinski definition) is 3. The van der Waals surface area contributed by atoms with Crippen LogP contribution in [0.15, 0.2) is 42.5 Å². The Balaban J connectivity index is 0.000000810. The zero-order chi connectivity index (χ0) is 11.1. The first-order valence-electron chi connectivity index (χ1n) is 4.95. The van der Waals surface area contributed by atoms with Gasteiger partial charge < -0.3 is 10.2 Å². The van der Waals surface area contributed by atoms with Gasteiger partial charge in [0.2, 0.25) is 0 Å². The normalized spacial score (nSPS) is 9.78. The molecule has 3 nitrogen and oxygen atoms in total. The average Bonchev–Trinajstić information content (AvgIpc) is 2.26. The first-order chi connectivity index (χ1) is 7.72. The van der Waals surface area contributed by atoms with Gasteiger partial charge in [-0.15, -0.1) is 0 Å². The molecular weight excluding hydrogens is 248 g/mol. The summed E-state index contributed by atoms with van der Waals surface area (Å²) in [6.45, 7) is 0. The van der Waals surface area contributed by atoms with Gasteiger partial charge in [0.15, 0.2) is 0 Å². The van der Waals surface area contributed by atoms with Crippen molar-refractivity contribution in [3.05, 3.63) is 42.5 Å². The van der Waals surface area contributed by atoms with E-state index in [4.69, 9.17) is 0 Å². The van der Waals surface area contributed by atoms with E-state index in [2.05, 4.69) is 4.98 Å². The maximum atomic E-state index is 9.37. The zero-order valence-electron chi connectivity index (χ0n) is 8.38. The SMILES string of the molecule is Oc1ccc2cc3ccc(O)cc3nc2c1.[NaH].[NaH]. The molecule has 3 aromatic rings. The molecule has 0 spiro atoms. The second-order valence-corrected chi connectivity index (χ2v) is 3.74. The summed E-state index contributed by atoms with van der Waals surface area (Å²) in [6, 6.07) is 12.1. The van der Waals surface area contributed by atoms with E-state index in [0.29, 0.717) is 0 Å². The summed E-state index contributed by atoms with van der Waals surface area (Å²) >= 11 is 0. The molecule has 0 radical (unpaired) electrons. The van der Waals surface area contributed by atoms with Crippen LogP contribution in [0.3, 0.4) is 0 Å². The molecule has 0 saturated carbocycles. The van der Waals surface area contributed by atoms with Crippen molar-refractivity contribution in [3.8, 4) is 11.5 Å². The van der Waals surface area contributed by atoms with Crippen LogP contribution in [0.1, 0.15) is 0 Å². The molecular formula is C13H11NNa2O2. The Kier molecular flexibility index (Phi) is 5.46. The fourth-order valence-corrected chi connectivity index (χ4v) is 1.80. The van der Waals surface area contributed by atoms with E-state index < -0.39 is 0 Å². The number of rotatable bonds is 0. The van der Waals surface area contributed by atoms with Crippen LogP contribution >= 0.6 is 0 Å². The number of aromatic hydroxyl groups is 2. The fourth-order valence-electron chi connectivity index (χ4n) is 1.80. The Bertz CT molecular complexity index is 644. The Morgan fingerprint density at radius 2 is 1.11 bits per heavy atom. The molecule has 0 aliphatic heterocycles. The van der Waals surface area contributed by atoms with Crippen molar-refractivity contribution in [2.24, 2.45) is 0 Å². The Labute approximate surface area is 148 Å². The molecule has 0 fully saturated rings. The summed E-state index contributed by atoms with van der Waals surface area (Å²) in [7, 11) is 0. The monoisotopic (exact) mass is 259 g/mol. The first-order valence-corrected chi connectivity index (χ1v) is 4.95. The molecule has 1 aromatic heterocycles. The van der Waals surface area contributed by atoms with Crippen molar-refractivity contribution in [1.29, 1.82) is 0 Å². The molecule has 2 N–H and O–H groups in total. The van der Waals surface area contributed by atoms with Gasteiger partial charge in [-0.2, -0.15) is 0 Å². The molecule has 3 rings (SSSR count). The van der Waals surface area contributed by atoms with Crippen molar-refractivity contribution < 1.29 is 10.2 Å². The second kappa shape index (κ2) is 6.24.